The summed E-state index contributed by atoms with van der Waals surface area (Å²) in [6.07, 6.45) is 3.38. The quantitative estimate of drug-likeness (QED) is 0.505. The van der Waals surface area contributed by atoms with E-state index in [-0.39, 0.29) is 23.6 Å². The third-order valence-electron chi connectivity index (χ3n) is 4.37. The summed E-state index contributed by atoms with van der Waals surface area (Å²) in [5.41, 5.74) is 0.300. The van der Waals surface area contributed by atoms with Gasteiger partial charge in [0.1, 0.15) is 6.54 Å². The van der Waals surface area contributed by atoms with Crippen molar-refractivity contribution >= 4 is 55.5 Å². The first-order valence-electron chi connectivity index (χ1n) is 8.24. The highest BCUT2D eigenvalue weighted by Crippen LogP contribution is 2.29. The predicted molar refractivity (Wildman–Crippen MR) is 110 cm³/mol. The van der Waals surface area contributed by atoms with E-state index in [1.54, 1.807) is 11.8 Å². The molecule has 1 N–H and O–H groups in total. The molecule has 0 aliphatic heterocycles. The molecule has 4 aromatic rings. The van der Waals surface area contributed by atoms with Crippen molar-refractivity contribution < 1.29 is 4.79 Å². The Morgan fingerprint density at radius 1 is 1.25 bits per heavy atom. The van der Waals surface area contributed by atoms with Crippen LogP contribution in [0.4, 0.5) is 5.13 Å². The molecule has 0 bridgehead atoms. The molecule has 1 amide bonds. The lowest BCUT2D eigenvalue weighted by Crippen LogP contribution is -2.37. The molecule has 0 fully saturated rings. The lowest BCUT2D eigenvalue weighted by atomic mass is 10.3. The van der Waals surface area contributed by atoms with Gasteiger partial charge in [-0.3, -0.25) is 18.7 Å². The molecule has 0 radical (unpaired) electrons. The molecule has 0 spiro atoms. The first-order valence-corrected chi connectivity index (χ1v) is 10.3. The summed E-state index contributed by atoms with van der Waals surface area (Å²) in [6.45, 7) is -0.115. The SMILES string of the molecule is CSc1ccc2nc(NC(=O)Cn3cnc4c3c(=O)n(C)c(=O)n4C)sc2c1. The van der Waals surface area contributed by atoms with E-state index in [2.05, 4.69) is 15.3 Å². The number of carbonyl (C=O) groups excluding carboxylic acids is 1. The molecule has 0 saturated carbocycles. The maximum atomic E-state index is 12.5. The number of amides is 1. The van der Waals surface area contributed by atoms with Crippen molar-refractivity contribution in [2.75, 3.05) is 11.6 Å². The second-order valence-electron chi connectivity index (χ2n) is 6.15. The van der Waals surface area contributed by atoms with Crippen molar-refractivity contribution in [2.24, 2.45) is 14.1 Å². The molecule has 3 heterocycles. The second-order valence-corrected chi connectivity index (χ2v) is 8.06. The fraction of sp³-hybridized carbons (Fsp3) is 0.235. The van der Waals surface area contributed by atoms with Crippen LogP contribution in [-0.4, -0.2) is 35.8 Å². The van der Waals surface area contributed by atoms with E-state index in [4.69, 9.17) is 0 Å². The van der Waals surface area contributed by atoms with Gasteiger partial charge in [0.15, 0.2) is 16.3 Å². The maximum absolute atomic E-state index is 12.5. The zero-order valence-corrected chi connectivity index (χ0v) is 16.9. The van der Waals surface area contributed by atoms with Crippen molar-refractivity contribution in [3.63, 3.8) is 0 Å². The predicted octanol–water partition coefficient (Wildman–Crippen LogP) is 1.40. The monoisotopic (exact) mass is 416 g/mol. The molecule has 0 aliphatic carbocycles. The minimum Gasteiger partial charge on any atom is -0.315 e. The summed E-state index contributed by atoms with van der Waals surface area (Å²) < 4.78 is 4.70. The number of rotatable bonds is 4. The second kappa shape index (κ2) is 6.91. The van der Waals surface area contributed by atoms with E-state index >= 15 is 0 Å². The van der Waals surface area contributed by atoms with Gasteiger partial charge in [0.25, 0.3) is 5.56 Å². The number of fused-ring (bicyclic) bond motifs is 2. The summed E-state index contributed by atoms with van der Waals surface area (Å²) in [5.74, 6) is -0.334. The van der Waals surface area contributed by atoms with Gasteiger partial charge < -0.3 is 9.88 Å². The molecule has 28 heavy (non-hydrogen) atoms. The van der Waals surface area contributed by atoms with E-state index in [9.17, 15) is 14.4 Å². The van der Waals surface area contributed by atoms with E-state index < -0.39 is 11.2 Å². The van der Waals surface area contributed by atoms with Crippen LogP contribution in [0.5, 0.6) is 0 Å². The fourth-order valence-corrected chi connectivity index (χ4v) is 4.35. The van der Waals surface area contributed by atoms with Crippen LogP contribution in [0, 0.1) is 0 Å². The summed E-state index contributed by atoms with van der Waals surface area (Å²) >= 11 is 3.03. The van der Waals surface area contributed by atoms with E-state index in [1.165, 1.54) is 40.9 Å². The standard InChI is InChI=1S/C17H16N6O3S2/c1-21-14-13(15(25)22(2)17(21)26)23(8-18-14)7-12(24)20-16-19-10-5-4-9(27-3)6-11(10)28-16/h4-6,8H,7H2,1-3H3,(H,19,20,24). The zero-order valence-electron chi connectivity index (χ0n) is 15.3. The highest BCUT2D eigenvalue weighted by molar-refractivity contribution is 7.98. The number of anilines is 1. The number of carbonyl (C=O) groups is 1. The summed E-state index contributed by atoms with van der Waals surface area (Å²) in [4.78, 5) is 46.6. The molecule has 0 aliphatic rings. The Bertz CT molecular complexity index is 1350. The average Bonchev–Trinajstić information content (AvgIpc) is 3.27. The molecule has 11 heteroatoms. The van der Waals surface area contributed by atoms with Crippen LogP contribution in [0.15, 0.2) is 39.0 Å². The van der Waals surface area contributed by atoms with Gasteiger partial charge in [-0.05, 0) is 24.5 Å². The molecular weight excluding hydrogens is 400 g/mol. The van der Waals surface area contributed by atoms with Crippen LogP contribution in [0.25, 0.3) is 21.4 Å². The minimum atomic E-state index is -0.493. The van der Waals surface area contributed by atoms with Gasteiger partial charge in [-0.1, -0.05) is 11.3 Å². The van der Waals surface area contributed by atoms with Crippen LogP contribution in [0.3, 0.4) is 0 Å². The van der Waals surface area contributed by atoms with Gasteiger partial charge >= 0.3 is 5.69 Å². The normalized spacial score (nSPS) is 11.4. The van der Waals surface area contributed by atoms with Gasteiger partial charge in [0.2, 0.25) is 5.91 Å². The topological polar surface area (TPSA) is 104 Å². The van der Waals surface area contributed by atoms with Crippen molar-refractivity contribution in [1.82, 2.24) is 23.7 Å². The van der Waals surface area contributed by atoms with Crippen LogP contribution in [-0.2, 0) is 25.4 Å². The summed E-state index contributed by atoms with van der Waals surface area (Å²) in [6, 6.07) is 5.93. The number of imidazole rings is 1. The van der Waals surface area contributed by atoms with Crippen LogP contribution < -0.4 is 16.6 Å². The van der Waals surface area contributed by atoms with Crippen LogP contribution in [0.1, 0.15) is 0 Å². The first-order chi connectivity index (χ1) is 13.4. The first kappa shape index (κ1) is 18.4. The molecule has 0 atom stereocenters. The number of benzene rings is 1. The number of nitrogens with zero attached hydrogens (tertiary/aromatic N) is 5. The van der Waals surface area contributed by atoms with Gasteiger partial charge in [-0.2, -0.15) is 0 Å². The molecule has 1 aromatic carbocycles. The Kier molecular flexibility index (Phi) is 4.55. The summed E-state index contributed by atoms with van der Waals surface area (Å²) in [7, 11) is 2.93. The summed E-state index contributed by atoms with van der Waals surface area (Å²) in [5, 5.41) is 3.26. The van der Waals surface area contributed by atoms with Crippen LogP contribution >= 0.6 is 23.1 Å². The molecule has 144 valence electrons. The Labute approximate surface area is 166 Å². The smallest absolute Gasteiger partial charge is 0.315 e. The largest absolute Gasteiger partial charge is 0.332 e. The van der Waals surface area contributed by atoms with E-state index in [0.29, 0.717) is 5.13 Å². The average molecular weight is 416 g/mol. The molecule has 0 saturated heterocycles. The molecule has 9 nitrogen and oxygen atoms in total. The molecular formula is C17H16N6O3S2. The van der Waals surface area contributed by atoms with E-state index in [1.807, 2.05) is 24.5 Å². The Morgan fingerprint density at radius 2 is 2.04 bits per heavy atom. The number of aromatic nitrogens is 5. The van der Waals surface area contributed by atoms with Gasteiger partial charge in [-0.25, -0.2) is 14.8 Å². The third kappa shape index (κ3) is 3.02. The van der Waals surface area contributed by atoms with Crippen molar-refractivity contribution in [2.45, 2.75) is 11.4 Å². The van der Waals surface area contributed by atoms with Crippen molar-refractivity contribution in [3.8, 4) is 0 Å². The highest BCUT2D eigenvalue weighted by Gasteiger charge is 2.16. The molecule has 4 rings (SSSR count). The fourth-order valence-electron chi connectivity index (χ4n) is 2.92. The maximum Gasteiger partial charge on any atom is 0.332 e. The van der Waals surface area contributed by atoms with Gasteiger partial charge in [-0.15, -0.1) is 11.8 Å². The Hall–Kier alpha value is -2.92. The highest BCUT2D eigenvalue weighted by atomic mass is 32.2. The number of hydrogen-bond acceptors (Lipinski definition) is 7. The third-order valence-corrected chi connectivity index (χ3v) is 6.03. The van der Waals surface area contributed by atoms with Crippen LogP contribution in [0.2, 0.25) is 0 Å². The molecule has 0 unspecified atom stereocenters. The van der Waals surface area contributed by atoms with Gasteiger partial charge in [0.05, 0.1) is 16.5 Å². The van der Waals surface area contributed by atoms with E-state index in [0.717, 1.165) is 19.7 Å². The lowest BCUT2D eigenvalue weighted by molar-refractivity contribution is -0.116. The van der Waals surface area contributed by atoms with Crippen molar-refractivity contribution in [3.05, 3.63) is 45.4 Å². The number of thiazole rings is 1. The number of hydrogen-bond donors (Lipinski definition) is 1. The number of nitrogens with one attached hydrogen (secondary N) is 1. The Morgan fingerprint density at radius 3 is 2.79 bits per heavy atom. The number of aryl methyl sites for hydroxylation is 1. The number of thioether (sulfide) groups is 1. The Balaban J connectivity index is 1.62. The van der Waals surface area contributed by atoms with Gasteiger partial charge in [0, 0.05) is 19.0 Å². The molecule has 3 aromatic heterocycles. The zero-order chi connectivity index (χ0) is 20.0. The minimum absolute atomic E-state index is 0.115. The lowest BCUT2D eigenvalue weighted by Gasteiger charge is -2.06. The van der Waals surface area contributed by atoms with Crippen molar-refractivity contribution in [1.29, 1.82) is 0 Å².